The monoisotopic (exact) mass is 400 g/mol. The maximum Gasteiger partial charge on any atom is 0.154 e. The molecule has 4 aromatic rings. The molecule has 5 rings (SSSR count). The highest BCUT2D eigenvalue weighted by atomic mass is 14.5. The van der Waals surface area contributed by atoms with Crippen LogP contribution in [0, 0.1) is 13.8 Å². The SMILES string of the molecule is CBc1ccc(C2(c3ccc(CC)c(C)c3)c3ccccc3-c3ccccc32)cc1C. The Morgan fingerprint density at radius 2 is 1.23 bits per heavy atom. The fourth-order valence-electron chi connectivity index (χ4n) is 5.68. The highest BCUT2D eigenvalue weighted by Gasteiger charge is 2.46. The third-order valence-electron chi connectivity index (χ3n) is 7.27. The topological polar surface area (TPSA) is 0 Å². The average Bonchev–Trinajstić information content (AvgIpc) is 3.10. The van der Waals surface area contributed by atoms with Gasteiger partial charge in [-0.2, -0.15) is 0 Å². The Morgan fingerprint density at radius 1 is 0.677 bits per heavy atom. The first-order valence-corrected chi connectivity index (χ1v) is 11.5. The zero-order chi connectivity index (χ0) is 21.6. The minimum atomic E-state index is -0.290. The van der Waals surface area contributed by atoms with Crippen molar-refractivity contribution in [2.24, 2.45) is 0 Å². The van der Waals surface area contributed by atoms with Crippen LogP contribution in [0.15, 0.2) is 84.9 Å². The predicted octanol–water partition coefficient (Wildman–Crippen LogP) is 6.34. The van der Waals surface area contributed by atoms with Crippen molar-refractivity contribution in [3.63, 3.8) is 0 Å². The molecule has 0 radical (unpaired) electrons. The first-order chi connectivity index (χ1) is 15.1. The van der Waals surface area contributed by atoms with Crippen LogP contribution in [0.4, 0.5) is 0 Å². The molecule has 0 spiro atoms. The molecule has 0 unspecified atom stereocenters. The largest absolute Gasteiger partial charge is 0.154 e. The van der Waals surface area contributed by atoms with E-state index >= 15 is 0 Å². The maximum absolute atomic E-state index is 2.43. The molecule has 1 aliphatic rings. The Kier molecular flexibility index (Phi) is 4.86. The maximum atomic E-state index is 2.43. The summed E-state index contributed by atoms with van der Waals surface area (Å²) in [6, 6.07) is 32.2. The van der Waals surface area contributed by atoms with Crippen LogP contribution in [-0.4, -0.2) is 7.28 Å². The van der Waals surface area contributed by atoms with Crippen LogP contribution in [0.5, 0.6) is 0 Å². The average molecular weight is 400 g/mol. The minimum Gasteiger partial charge on any atom is -0.0849 e. The predicted molar refractivity (Wildman–Crippen MR) is 135 cm³/mol. The van der Waals surface area contributed by atoms with Gasteiger partial charge in [0.1, 0.15) is 0 Å². The molecule has 0 bridgehead atoms. The van der Waals surface area contributed by atoms with Gasteiger partial charge in [0, 0.05) is 0 Å². The van der Waals surface area contributed by atoms with Gasteiger partial charge in [-0.15, -0.1) is 0 Å². The molecule has 0 amide bonds. The highest BCUT2D eigenvalue weighted by molar-refractivity contribution is 6.52. The van der Waals surface area contributed by atoms with E-state index in [9.17, 15) is 0 Å². The van der Waals surface area contributed by atoms with Crippen LogP contribution in [0.3, 0.4) is 0 Å². The molecular formula is C30H29B. The lowest BCUT2D eigenvalue weighted by Crippen LogP contribution is -2.30. The molecule has 4 aromatic carbocycles. The summed E-state index contributed by atoms with van der Waals surface area (Å²) in [6.07, 6.45) is 1.07. The molecule has 1 heteroatoms. The Bertz CT molecular complexity index is 1180. The second-order valence-electron chi connectivity index (χ2n) is 8.83. The van der Waals surface area contributed by atoms with Gasteiger partial charge >= 0.3 is 0 Å². The zero-order valence-electron chi connectivity index (χ0n) is 19.0. The number of rotatable bonds is 4. The summed E-state index contributed by atoms with van der Waals surface area (Å²) >= 11 is 0. The van der Waals surface area contributed by atoms with E-state index in [0.717, 1.165) is 13.7 Å². The third-order valence-corrected chi connectivity index (χ3v) is 7.27. The Morgan fingerprint density at radius 3 is 1.74 bits per heavy atom. The van der Waals surface area contributed by atoms with Crippen LogP contribution in [-0.2, 0) is 11.8 Å². The van der Waals surface area contributed by atoms with Crippen molar-refractivity contribution in [3.8, 4) is 11.1 Å². The highest BCUT2D eigenvalue weighted by Crippen LogP contribution is 2.56. The fraction of sp³-hybridized carbons (Fsp3) is 0.200. The molecule has 0 aliphatic heterocycles. The first-order valence-electron chi connectivity index (χ1n) is 11.5. The Hall–Kier alpha value is -3.06. The van der Waals surface area contributed by atoms with Crippen LogP contribution in [0.25, 0.3) is 11.1 Å². The van der Waals surface area contributed by atoms with Gasteiger partial charge in [0.25, 0.3) is 0 Å². The standard InChI is InChI=1S/C30H29B/c1-5-22-14-15-23(18-20(22)2)30(24-16-17-29(31-4)21(3)19-24)27-12-8-6-10-25(27)26-11-7-9-13-28(26)30/h6-19,31H,5H2,1-4H3. The van der Waals surface area contributed by atoms with E-state index in [4.69, 9.17) is 0 Å². The zero-order valence-corrected chi connectivity index (χ0v) is 19.0. The molecule has 0 saturated carbocycles. The van der Waals surface area contributed by atoms with Gasteiger partial charge in [0.15, 0.2) is 7.28 Å². The van der Waals surface area contributed by atoms with Gasteiger partial charge in [-0.25, -0.2) is 0 Å². The van der Waals surface area contributed by atoms with Gasteiger partial charge < -0.3 is 0 Å². The summed E-state index contributed by atoms with van der Waals surface area (Å²) in [4.78, 5) is 0. The van der Waals surface area contributed by atoms with Crippen LogP contribution >= 0.6 is 0 Å². The van der Waals surface area contributed by atoms with Crippen molar-refractivity contribution in [2.75, 3.05) is 0 Å². The Balaban J connectivity index is 1.92. The van der Waals surface area contributed by atoms with Crippen molar-refractivity contribution >= 4 is 12.7 Å². The minimum absolute atomic E-state index is 0.290. The summed E-state index contributed by atoms with van der Waals surface area (Å²) in [5, 5.41) is 0. The van der Waals surface area contributed by atoms with E-state index in [-0.39, 0.29) is 5.41 Å². The molecule has 0 N–H and O–H groups in total. The first kappa shape index (κ1) is 19.9. The summed E-state index contributed by atoms with van der Waals surface area (Å²) in [5.41, 5.74) is 13.5. The molecule has 0 atom stereocenters. The van der Waals surface area contributed by atoms with Gasteiger partial charge in [0.05, 0.1) is 5.41 Å². The van der Waals surface area contributed by atoms with Gasteiger partial charge in [0.2, 0.25) is 0 Å². The summed E-state index contributed by atoms with van der Waals surface area (Å²) in [6.45, 7) is 9.00. The van der Waals surface area contributed by atoms with E-state index in [1.807, 2.05) is 0 Å². The van der Waals surface area contributed by atoms with E-state index < -0.39 is 0 Å². The number of hydrogen-bond donors (Lipinski definition) is 0. The van der Waals surface area contributed by atoms with Crippen LogP contribution in [0.1, 0.15) is 45.9 Å². The summed E-state index contributed by atoms with van der Waals surface area (Å²) in [7, 11) is 1.07. The van der Waals surface area contributed by atoms with Crippen molar-refractivity contribution in [2.45, 2.75) is 39.4 Å². The van der Waals surface area contributed by atoms with Crippen molar-refractivity contribution in [1.82, 2.24) is 0 Å². The number of aryl methyl sites for hydroxylation is 3. The lowest BCUT2D eigenvalue weighted by molar-refractivity contribution is 0.765. The number of benzene rings is 4. The molecule has 1 aliphatic carbocycles. The molecule has 0 nitrogen and oxygen atoms in total. The molecule has 0 saturated heterocycles. The molecule has 152 valence electrons. The van der Waals surface area contributed by atoms with Crippen molar-refractivity contribution in [3.05, 3.63) is 124 Å². The van der Waals surface area contributed by atoms with Crippen LogP contribution in [0.2, 0.25) is 6.82 Å². The normalized spacial score (nSPS) is 13.5. The molecule has 0 heterocycles. The van der Waals surface area contributed by atoms with Gasteiger partial charge in [-0.1, -0.05) is 110 Å². The lowest BCUT2D eigenvalue weighted by Gasteiger charge is -2.35. The fourth-order valence-corrected chi connectivity index (χ4v) is 5.68. The smallest absolute Gasteiger partial charge is 0.0849 e. The molecule has 0 aromatic heterocycles. The number of fused-ring (bicyclic) bond motifs is 3. The van der Waals surface area contributed by atoms with Crippen LogP contribution < -0.4 is 5.46 Å². The van der Waals surface area contributed by atoms with E-state index in [0.29, 0.717) is 0 Å². The lowest BCUT2D eigenvalue weighted by atomic mass is 9.65. The van der Waals surface area contributed by atoms with Crippen molar-refractivity contribution in [1.29, 1.82) is 0 Å². The number of hydrogen-bond acceptors (Lipinski definition) is 0. The van der Waals surface area contributed by atoms with Crippen molar-refractivity contribution < 1.29 is 0 Å². The van der Waals surface area contributed by atoms with Gasteiger partial charge in [-0.05, 0) is 64.8 Å². The molecule has 0 fully saturated rings. The summed E-state index contributed by atoms with van der Waals surface area (Å²) in [5.74, 6) is 0. The quantitative estimate of drug-likeness (QED) is 0.309. The van der Waals surface area contributed by atoms with E-state index in [2.05, 4.69) is 113 Å². The third kappa shape index (κ3) is 2.83. The second kappa shape index (κ2) is 7.57. The summed E-state index contributed by atoms with van der Waals surface area (Å²) < 4.78 is 0. The van der Waals surface area contributed by atoms with Gasteiger partial charge in [-0.3, -0.25) is 0 Å². The van der Waals surface area contributed by atoms with E-state index in [1.165, 1.54) is 55.5 Å². The second-order valence-corrected chi connectivity index (χ2v) is 8.83. The molecule has 31 heavy (non-hydrogen) atoms. The molecular weight excluding hydrogens is 371 g/mol. The van der Waals surface area contributed by atoms with E-state index in [1.54, 1.807) is 0 Å². The Labute approximate surface area is 187 Å².